The van der Waals surface area contributed by atoms with E-state index < -0.39 is 8.32 Å². The fourth-order valence-corrected chi connectivity index (χ4v) is 3.10. The first-order chi connectivity index (χ1) is 9.96. The van der Waals surface area contributed by atoms with Crippen LogP contribution in [0.15, 0.2) is 47.7 Å². The first kappa shape index (κ1) is 15.7. The molecule has 1 aromatic heterocycles. The molecular weight excluding hydrogens is 278 g/mol. The van der Waals surface area contributed by atoms with Crippen molar-refractivity contribution in [1.82, 2.24) is 9.55 Å². The summed E-state index contributed by atoms with van der Waals surface area (Å²) in [7, 11) is 0.335. The maximum Gasteiger partial charge on any atom is 0.184 e. The lowest BCUT2D eigenvalue weighted by molar-refractivity contribution is 0.207. The standard InChI is InChI=1S/C16H23N3OSi/c1-19-11-10-18-16(19)13-17-12-15(20-21(2,3)4)14-8-6-5-7-9-14/h5-11,13,15H,12H2,1-4H3. The van der Waals surface area contributed by atoms with Crippen LogP contribution in [0.2, 0.25) is 19.6 Å². The number of hydrogen-bond donors (Lipinski definition) is 0. The summed E-state index contributed by atoms with van der Waals surface area (Å²) in [5.41, 5.74) is 1.18. The van der Waals surface area contributed by atoms with Gasteiger partial charge in [0.15, 0.2) is 8.32 Å². The molecule has 5 heteroatoms. The van der Waals surface area contributed by atoms with E-state index in [0.29, 0.717) is 6.54 Å². The summed E-state index contributed by atoms with van der Waals surface area (Å²) in [4.78, 5) is 8.77. The van der Waals surface area contributed by atoms with Gasteiger partial charge >= 0.3 is 0 Å². The number of imidazole rings is 1. The number of nitrogens with zero attached hydrogens (tertiary/aromatic N) is 3. The van der Waals surface area contributed by atoms with Gasteiger partial charge in [0, 0.05) is 19.4 Å². The molecule has 21 heavy (non-hydrogen) atoms. The molecule has 0 N–H and O–H groups in total. The lowest BCUT2D eigenvalue weighted by Crippen LogP contribution is -2.29. The van der Waals surface area contributed by atoms with Crippen molar-refractivity contribution >= 4 is 14.5 Å². The monoisotopic (exact) mass is 301 g/mol. The minimum Gasteiger partial charge on any atom is -0.409 e. The third-order valence-corrected chi connectivity index (χ3v) is 4.00. The molecule has 2 aromatic rings. The molecule has 0 aliphatic rings. The van der Waals surface area contributed by atoms with Gasteiger partial charge in [0.1, 0.15) is 5.82 Å². The molecule has 0 aliphatic heterocycles. The van der Waals surface area contributed by atoms with Gasteiger partial charge in [-0.1, -0.05) is 30.3 Å². The molecule has 1 atom stereocenters. The molecule has 112 valence electrons. The Morgan fingerprint density at radius 1 is 1.29 bits per heavy atom. The Balaban J connectivity index is 2.10. The van der Waals surface area contributed by atoms with Gasteiger partial charge in [0.2, 0.25) is 0 Å². The summed E-state index contributed by atoms with van der Waals surface area (Å²) >= 11 is 0. The Hall–Kier alpha value is -1.72. The topological polar surface area (TPSA) is 39.4 Å². The minimum absolute atomic E-state index is 0.00869. The van der Waals surface area contributed by atoms with E-state index in [1.165, 1.54) is 5.56 Å². The Bertz CT molecular complexity index is 587. The summed E-state index contributed by atoms with van der Waals surface area (Å²) < 4.78 is 8.22. The molecule has 0 radical (unpaired) electrons. The van der Waals surface area contributed by atoms with E-state index in [0.717, 1.165) is 5.82 Å². The second kappa shape index (κ2) is 6.82. The number of rotatable bonds is 6. The number of aryl methyl sites for hydroxylation is 1. The van der Waals surface area contributed by atoms with Crippen molar-refractivity contribution in [3.8, 4) is 0 Å². The van der Waals surface area contributed by atoms with E-state index in [-0.39, 0.29) is 6.10 Å². The number of aliphatic imine (C=N–C) groups is 1. The van der Waals surface area contributed by atoms with Crippen molar-refractivity contribution in [2.75, 3.05) is 6.54 Å². The first-order valence-corrected chi connectivity index (χ1v) is 10.6. The fourth-order valence-electron chi connectivity index (χ4n) is 2.04. The van der Waals surface area contributed by atoms with Gasteiger partial charge in [0.25, 0.3) is 0 Å². The lowest BCUT2D eigenvalue weighted by atomic mass is 10.1. The minimum atomic E-state index is -1.62. The Morgan fingerprint density at radius 2 is 2.00 bits per heavy atom. The van der Waals surface area contributed by atoms with E-state index in [4.69, 9.17) is 4.43 Å². The van der Waals surface area contributed by atoms with E-state index in [1.807, 2.05) is 42.2 Å². The summed E-state index contributed by atoms with van der Waals surface area (Å²) in [6, 6.07) is 10.3. The number of benzene rings is 1. The lowest BCUT2D eigenvalue weighted by Gasteiger charge is -2.25. The van der Waals surface area contributed by atoms with Gasteiger partial charge in [-0.2, -0.15) is 0 Å². The highest BCUT2D eigenvalue weighted by Crippen LogP contribution is 2.22. The molecule has 4 nitrogen and oxygen atoms in total. The second-order valence-corrected chi connectivity index (χ2v) is 10.5. The van der Waals surface area contributed by atoms with Crippen LogP contribution in [0.3, 0.4) is 0 Å². The van der Waals surface area contributed by atoms with Crippen LogP contribution in [0.5, 0.6) is 0 Å². The van der Waals surface area contributed by atoms with Crippen LogP contribution in [0.1, 0.15) is 17.5 Å². The maximum atomic E-state index is 6.27. The highest BCUT2D eigenvalue weighted by Gasteiger charge is 2.21. The third-order valence-electron chi connectivity index (χ3n) is 3.00. The molecule has 0 fully saturated rings. The average Bonchev–Trinajstić information content (AvgIpc) is 2.83. The second-order valence-electron chi connectivity index (χ2n) is 6.02. The van der Waals surface area contributed by atoms with Gasteiger partial charge < -0.3 is 8.99 Å². The predicted molar refractivity (Wildman–Crippen MR) is 89.3 cm³/mol. The molecule has 1 unspecified atom stereocenters. The predicted octanol–water partition coefficient (Wildman–Crippen LogP) is 3.43. The van der Waals surface area contributed by atoms with E-state index in [1.54, 1.807) is 6.20 Å². The van der Waals surface area contributed by atoms with Crippen LogP contribution >= 0.6 is 0 Å². The van der Waals surface area contributed by atoms with E-state index in [9.17, 15) is 0 Å². The number of hydrogen-bond acceptors (Lipinski definition) is 3. The zero-order valence-electron chi connectivity index (χ0n) is 13.2. The van der Waals surface area contributed by atoms with Crippen LogP contribution < -0.4 is 0 Å². The summed E-state index contributed by atoms with van der Waals surface area (Å²) in [6.07, 6.45) is 5.50. The van der Waals surface area contributed by atoms with Crippen molar-refractivity contribution in [1.29, 1.82) is 0 Å². The molecular formula is C16H23N3OSi. The molecule has 1 aromatic carbocycles. The molecule has 0 saturated carbocycles. The quantitative estimate of drug-likeness (QED) is 0.606. The molecule has 0 spiro atoms. The van der Waals surface area contributed by atoms with Crippen molar-refractivity contribution in [2.45, 2.75) is 25.7 Å². The highest BCUT2D eigenvalue weighted by atomic mass is 28.4. The average molecular weight is 301 g/mol. The van der Waals surface area contributed by atoms with Crippen molar-refractivity contribution in [3.63, 3.8) is 0 Å². The zero-order chi connectivity index (χ0) is 15.3. The Morgan fingerprint density at radius 3 is 2.57 bits per heavy atom. The van der Waals surface area contributed by atoms with Gasteiger partial charge in [-0.15, -0.1) is 0 Å². The van der Waals surface area contributed by atoms with Crippen molar-refractivity contribution in [3.05, 3.63) is 54.1 Å². The maximum absolute atomic E-state index is 6.27. The molecule has 0 aliphatic carbocycles. The van der Waals surface area contributed by atoms with E-state index in [2.05, 4.69) is 41.8 Å². The normalized spacial score (nSPS) is 13.7. The fraction of sp³-hybridized carbons (Fsp3) is 0.375. The largest absolute Gasteiger partial charge is 0.409 e. The smallest absolute Gasteiger partial charge is 0.184 e. The van der Waals surface area contributed by atoms with Crippen LogP contribution in [-0.4, -0.2) is 30.6 Å². The van der Waals surface area contributed by atoms with Crippen LogP contribution in [0, 0.1) is 0 Å². The van der Waals surface area contributed by atoms with Gasteiger partial charge in [-0.3, -0.25) is 4.99 Å². The van der Waals surface area contributed by atoms with Crippen LogP contribution in [-0.2, 0) is 11.5 Å². The third kappa shape index (κ3) is 4.95. The highest BCUT2D eigenvalue weighted by molar-refractivity contribution is 6.69. The van der Waals surface area contributed by atoms with Gasteiger partial charge in [-0.25, -0.2) is 4.98 Å². The van der Waals surface area contributed by atoms with Crippen LogP contribution in [0.25, 0.3) is 0 Å². The summed E-state index contributed by atoms with van der Waals surface area (Å²) in [6.45, 7) is 7.21. The van der Waals surface area contributed by atoms with Gasteiger partial charge in [-0.05, 0) is 25.2 Å². The molecule has 0 amide bonds. The number of aromatic nitrogens is 2. The zero-order valence-corrected chi connectivity index (χ0v) is 14.2. The van der Waals surface area contributed by atoms with Crippen molar-refractivity contribution < 1.29 is 4.43 Å². The van der Waals surface area contributed by atoms with Crippen molar-refractivity contribution in [2.24, 2.45) is 12.0 Å². The molecule has 0 bridgehead atoms. The first-order valence-electron chi connectivity index (χ1n) is 7.15. The SMILES string of the molecule is Cn1ccnc1C=NCC(O[Si](C)(C)C)c1ccccc1. The molecule has 0 saturated heterocycles. The Labute approximate surface area is 127 Å². The molecule has 2 rings (SSSR count). The summed E-state index contributed by atoms with van der Waals surface area (Å²) in [5, 5.41) is 0. The van der Waals surface area contributed by atoms with Crippen LogP contribution in [0.4, 0.5) is 0 Å². The van der Waals surface area contributed by atoms with E-state index >= 15 is 0 Å². The Kier molecular flexibility index (Phi) is 5.09. The molecule has 1 heterocycles. The summed E-state index contributed by atoms with van der Waals surface area (Å²) in [5.74, 6) is 0.856. The van der Waals surface area contributed by atoms with Gasteiger partial charge in [0.05, 0.1) is 18.9 Å².